The first-order valence-electron chi connectivity index (χ1n) is 8.44. The molecule has 2 aliphatic rings. The van der Waals surface area contributed by atoms with Gasteiger partial charge in [-0.3, -0.25) is 24.2 Å². The Kier molecular flexibility index (Phi) is 5.30. The lowest BCUT2D eigenvalue weighted by Gasteiger charge is -2.32. The molecule has 1 saturated heterocycles. The molecule has 3 rings (SSSR count). The van der Waals surface area contributed by atoms with Crippen LogP contribution in [-0.4, -0.2) is 53.2 Å². The Morgan fingerprint density at radius 3 is 2.79 bits per heavy atom. The first-order valence-corrected chi connectivity index (χ1v) is 9.31. The van der Waals surface area contributed by atoms with E-state index in [0.29, 0.717) is 6.54 Å². The van der Waals surface area contributed by atoms with Gasteiger partial charge in [0.2, 0.25) is 17.7 Å². The van der Waals surface area contributed by atoms with Gasteiger partial charge in [-0.1, -0.05) is 0 Å². The summed E-state index contributed by atoms with van der Waals surface area (Å²) in [6.07, 6.45) is 1.80. The fourth-order valence-corrected chi connectivity index (χ4v) is 4.10. The summed E-state index contributed by atoms with van der Waals surface area (Å²) >= 11 is 1.82. The Morgan fingerprint density at radius 2 is 2.04 bits per heavy atom. The normalized spacial score (nSPS) is 19.5. The topological polar surface area (TPSA) is 69.7 Å². The van der Waals surface area contributed by atoms with E-state index in [1.165, 1.54) is 15.3 Å². The van der Waals surface area contributed by atoms with Gasteiger partial charge in [-0.05, 0) is 30.4 Å². The van der Waals surface area contributed by atoms with E-state index in [-0.39, 0.29) is 49.6 Å². The van der Waals surface area contributed by atoms with Crippen molar-refractivity contribution < 1.29 is 14.4 Å². The monoisotopic (exact) mass is 349 g/mol. The third-order valence-corrected chi connectivity index (χ3v) is 5.80. The molecule has 24 heavy (non-hydrogen) atoms. The molecule has 0 aromatic carbocycles. The molecule has 1 fully saturated rings. The van der Waals surface area contributed by atoms with Gasteiger partial charge in [0.25, 0.3) is 0 Å². The average Bonchev–Trinajstić information content (AvgIpc) is 3.17. The van der Waals surface area contributed by atoms with Crippen molar-refractivity contribution in [3.8, 4) is 0 Å². The number of thiophene rings is 1. The SMILES string of the molecule is CC(CNC(=O)CCN1C(=O)CCC1=O)N1CCc2sccc2C1. The summed E-state index contributed by atoms with van der Waals surface area (Å²) < 4.78 is 0. The van der Waals surface area contributed by atoms with Gasteiger partial charge in [0, 0.05) is 56.4 Å². The third kappa shape index (κ3) is 3.84. The van der Waals surface area contributed by atoms with Crippen LogP contribution in [0.1, 0.15) is 36.6 Å². The number of hydrogen-bond acceptors (Lipinski definition) is 5. The summed E-state index contributed by atoms with van der Waals surface area (Å²) in [7, 11) is 0. The maximum absolute atomic E-state index is 12.0. The number of fused-ring (bicyclic) bond motifs is 1. The molecular formula is C17H23N3O3S. The second kappa shape index (κ2) is 7.44. The molecule has 1 atom stereocenters. The van der Waals surface area contributed by atoms with Gasteiger partial charge < -0.3 is 5.32 Å². The Morgan fingerprint density at radius 1 is 1.29 bits per heavy atom. The van der Waals surface area contributed by atoms with Crippen LogP contribution in [-0.2, 0) is 27.3 Å². The number of nitrogens with zero attached hydrogens (tertiary/aromatic N) is 2. The number of nitrogens with one attached hydrogen (secondary N) is 1. The molecule has 0 radical (unpaired) electrons. The highest BCUT2D eigenvalue weighted by atomic mass is 32.1. The molecule has 0 saturated carbocycles. The molecule has 2 aliphatic heterocycles. The van der Waals surface area contributed by atoms with Crippen LogP contribution in [0.3, 0.4) is 0 Å². The van der Waals surface area contributed by atoms with E-state index in [2.05, 4.69) is 28.6 Å². The lowest BCUT2D eigenvalue weighted by Crippen LogP contribution is -2.44. The Labute approximate surface area is 145 Å². The molecule has 1 N–H and O–H groups in total. The number of imide groups is 1. The van der Waals surface area contributed by atoms with E-state index >= 15 is 0 Å². The zero-order valence-electron chi connectivity index (χ0n) is 13.9. The number of amides is 3. The van der Waals surface area contributed by atoms with E-state index in [9.17, 15) is 14.4 Å². The molecule has 0 bridgehead atoms. The highest BCUT2D eigenvalue weighted by molar-refractivity contribution is 7.10. The minimum Gasteiger partial charge on any atom is -0.354 e. The zero-order valence-corrected chi connectivity index (χ0v) is 14.7. The Bertz CT molecular complexity index is 627. The van der Waals surface area contributed by atoms with Crippen molar-refractivity contribution in [3.05, 3.63) is 21.9 Å². The molecule has 1 aromatic heterocycles. The Hall–Kier alpha value is -1.73. The van der Waals surface area contributed by atoms with E-state index in [1.807, 2.05) is 11.3 Å². The minimum absolute atomic E-state index is 0.109. The summed E-state index contributed by atoms with van der Waals surface area (Å²) in [5.41, 5.74) is 1.40. The molecule has 130 valence electrons. The zero-order chi connectivity index (χ0) is 17.1. The number of rotatable bonds is 6. The number of likely N-dealkylation sites (tertiary alicyclic amines) is 1. The van der Waals surface area contributed by atoms with Crippen LogP contribution in [0, 0.1) is 0 Å². The van der Waals surface area contributed by atoms with Gasteiger partial charge in [0.15, 0.2) is 0 Å². The molecule has 7 heteroatoms. The van der Waals surface area contributed by atoms with Gasteiger partial charge in [-0.25, -0.2) is 0 Å². The van der Waals surface area contributed by atoms with Gasteiger partial charge in [-0.15, -0.1) is 11.3 Å². The van der Waals surface area contributed by atoms with Crippen molar-refractivity contribution in [1.29, 1.82) is 0 Å². The minimum atomic E-state index is -0.166. The van der Waals surface area contributed by atoms with Gasteiger partial charge in [-0.2, -0.15) is 0 Å². The van der Waals surface area contributed by atoms with Crippen LogP contribution in [0.4, 0.5) is 0 Å². The molecule has 0 aliphatic carbocycles. The van der Waals surface area contributed by atoms with Crippen LogP contribution in [0.25, 0.3) is 0 Å². The Balaban J connectivity index is 1.40. The average molecular weight is 349 g/mol. The number of hydrogen-bond donors (Lipinski definition) is 1. The second-order valence-electron chi connectivity index (χ2n) is 6.43. The van der Waals surface area contributed by atoms with E-state index in [1.54, 1.807) is 0 Å². The quantitative estimate of drug-likeness (QED) is 0.782. The van der Waals surface area contributed by atoms with Crippen LogP contribution < -0.4 is 5.32 Å². The first-order chi connectivity index (χ1) is 11.5. The molecule has 1 unspecified atom stereocenters. The van der Waals surface area contributed by atoms with Gasteiger partial charge in [0.05, 0.1) is 0 Å². The number of carbonyl (C=O) groups excluding carboxylic acids is 3. The fourth-order valence-electron chi connectivity index (χ4n) is 3.21. The molecule has 1 aromatic rings. The highest BCUT2D eigenvalue weighted by Gasteiger charge is 2.29. The molecule has 0 spiro atoms. The summed E-state index contributed by atoms with van der Waals surface area (Å²) in [6.45, 7) is 4.85. The molecule has 3 amide bonds. The van der Waals surface area contributed by atoms with Crippen molar-refractivity contribution in [2.45, 2.75) is 45.2 Å². The standard InChI is InChI=1S/C17H23N3O3S/c1-12(19-7-4-14-13(11-19)6-9-24-14)10-18-15(21)5-8-20-16(22)2-3-17(20)23/h6,9,12H,2-5,7-8,10-11H2,1H3,(H,18,21). The van der Waals surface area contributed by atoms with Crippen molar-refractivity contribution >= 4 is 29.1 Å². The van der Waals surface area contributed by atoms with Crippen molar-refractivity contribution in [3.63, 3.8) is 0 Å². The predicted molar refractivity (Wildman–Crippen MR) is 91.5 cm³/mol. The van der Waals surface area contributed by atoms with Crippen LogP contribution >= 0.6 is 11.3 Å². The van der Waals surface area contributed by atoms with Crippen molar-refractivity contribution in [2.24, 2.45) is 0 Å². The predicted octanol–water partition coefficient (Wildman–Crippen LogP) is 1.15. The maximum atomic E-state index is 12.0. The molecule has 6 nitrogen and oxygen atoms in total. The molecule has 3 heterocycles. The summed E-state index contributed by atoms with van der Waals surface area (Å²) in [4.78, 5) is 40.1. The van der Waals surface area contributed by atoms with E-state index in [4.69, 9.17) is 0 Å². The van der Waals surface area contributed by atoms with Gasteiger partial charge >= 0.3 is 0 Å². The summed E-state index contributed by atoms with van der Waals surface area (Å²) in [5, 5.41) is 5.06. The lowest BCUT2D eigenvalue weighted by molar-refractivity contribution is -0.138. The van der Waals surface area contributed by atoms with Crippen molar-refractivity contribution in [1.82, 2.24) is 15.1 Å². The fraction of sp³-hybridized carbons (Fsp3) is 0.588. The largest absolute Gasteiger partial charge is 0.354 e. The second-order valence-corrected chi connectivity index (χ2v) is 7.43. The molecular weight excluding hydrogens is 326 g/mol. The lowest BCUT2D eigenvalue weighted by atomic mass is 10.1. The van der Waals surface area contributed by atoms with Crippen LogP contribution in [0.2, 0.25) is 0 Å². The smallest absolute Gasteiger partial charge is 0.229 e. The van der Waals surface area contributed by atoms with Crippen LogP contribution in [0.15, 0.2) is 11.4 Å². The van der Waals surface area contributed by atoms with Crippen LogP contribution in [0.5, 0.6) is 0 Å². The van der Waals surface area contributed by atoms with E-state index in [0.717, 1.165) is 19.5 Å². The van der Waals surface area contributed by atoms with E-state index < -0.39 is 0 Å². The first kappa shape index (κ1) is 17.1. The maximum Gasteiger partial charge on any atom is 0.229 e. The third-order valence-electron chi connectivity index (χ3n) is 4.77. The summed E-state index contributed by atoms with van der Waals surface area (Å²) in [5.74, 6) is -0.440. The highest BCUT2D eigenvalue weighted by Crippen LogP contribution is 2.24. The van der Waals surface area contributed by atoms with Gasteiger partial charge in [0.1, 0.15) is 0 Å². The summed E-state index contributed by atoms with van der Waals surface area (Å²) in [6, 6.07) is 2.44. The van der Waals surface area contributed by atoms with Crippen molar-refractivity contribution in [2.75, 3.05) is 19.6 Å². The number of carbonyl (C=O) groups is 3.